The van der Waals surface area contributed by atoms with Gasteiger partial charge >= 0.3 is 0 Å². The first-order chi connectivity index (χ1) is 9.45. The van der Waals surface area contributed by atoms with Gasteiger partial charge in [-0.2, -0.15) is 17.0 Å². The molecule has 0 radical (unpaired) electrons. The van der Waals surface area contributed by atoms with E-state index in [2.05, 4.69) is 6.92 Å². The Hall–Kier alpha value is -0.170. The average Bonchev–Trinajstić information content (AvgIpc) is 2.46. The molecule has 1 aliphatic heterocycles. The Bertz CT molecular complexity index is 405. The molecule has 2 atom stereocenters. The largest absolute Gasteiger partial charge is 0.396 e. The fourth-order valence-electron chi connectivity index (χ4n) is 3.43. The monoisotopic (exact) mass is 304 g/mol. The normalized spacial score (nSPS) is 30.8. The zero-order valence-corrected chi connectivity index (χ0v) is 13.5. The SMILES string of the molecule is CC1CCCC(N(C)S(=O)(=O)N2CCC(CO)CC2)C1. The van der Waals surface area contributed by atoms with E-state index in [0.29, 0.717) is 19.0 Å². The zero-order valence-electron chi connectivity index (χ0n) is 12.7. The lowest BCUT2D eigenvalue weighted by atomic mass is 9.87. The highest BCUT2D eigenvalue weighted by atomic mass is 32.2. The third-order valence-corrected chi connectivity index (χ3v) is 6.99. The van der Waals surface area contributed by atoms with Gasteiger partial charge in [-0.3, -0.25) is 0 Å². The Labute approximate surface area is 123 Å². The Balaban J connectivity index is 1.98. The average molecular weight is 304 g/mol. The lowest BCUT2D eigenvalue weighted by Gasteiger charge is -2.38. The molecule has 0 bridgehead atoms. The predicted molar refractivity (Wildman–Crippen MR) is 79.5 cm³/mol. The van der Waals surface area contributed by atoms with Gasteiger partial charge in [-0.1, -0.05) is 19.8 Å². The second kappa shape index (κ2) is 6.73. The first-order valence-electron chi connectivity index (χ1n) is 7.79. The molecule has 2 rings (SSSR count). The van der Waals surface area contributed by atoms with Crippen molar-refractivity contribution in [3.8, 4) is 0 Å². The summed E-state index contributed by atoms with van der Waals surface area (Å²) in [7, 11) is -1.60. The summed E-state index contributed by atoms with van der Waals surface area (Å²) < 4.78 is 28.5. The molecule has 1 saturated carbocycles. The van der Waals surface area contributed by atoms with Crippen LogP contribution in [-0.2, 0) is 10.2 Å². The molecule has 1 saturated heterocycles. The lowest BCUT2D eigenvalue weighted by molar-refractivity contribution is 0.161. The second-order valence-corrected chi connectivity index (χ2v) is 8.46. The van der Waals surface area contributed by atoms with E-state index < -0.39 is 10.2 Å². The summed E-state index contributed by atoms with van der Waals surface area (Å²) >= 11 is 0. The summed E-state index contributed by atoms with van der Waals surface area (Å²) in [5.41, 5.74) is 0. The molecule has 2 fully saturated rings. The van der Waals surface area contributed by atoms with Crippen LogP contribution in [0.25, 0.3) is 0 Å². The molecule has 1 N–H and O–H groups in total. The molecule has 0 amide bonds. The van der Waals surface area contributed by atoms with Gasteiger partial charge in [0, 0.05) is 32.8 Å². The van der Waals surface area contributed by atoms with E-state index in [1.807, 2.05) is 0 Å². The molecular formula is C14H28N2O3S. The van der Waals surface area contributed by atoms with Crippen LogP contribution in [0.2, 0.25) is 0 Å². The minimum Gasteiger partial charge on any atom is -0.396 e. The first kappa shape index (κ1) is 16.2. The van der Waals surface area contributed by atoms with Gasteiger partial charge in [0.2, 0.25) is 0 Å². The van der Waals surface area contributed by atoms with Crippen LogP contribution in [0.15, 0.2) is 0 Å². The topological polar surface area (TPSA) is 60.9 Å². The Morgan fingerprint density at radius 3 is 2.40 bits per heavy atom. The fourth-order valence-corrected chi connectivity index (χ4v) is 5.03. The number of piperidine rings is 1. The summed E-state index contributed by atoms with van der Waals surface area (Å²) in [6, 6.07) is 0.152. The third-order valence-electron chi connectivity index (χ3n) is 4.94. The van der Waals surface area contributed by atoms with Crippen LogP contribution >= 0.6 is 0 Å². The van der Waals surface area contributed by atoms with Crippen LogP contribution in [0.4, 0.5) is 0 Å². The number of rotatable bonds is 4. The van der Waals surface area contributed by atoms with Crippen molar-refractivity contribution in [3.05, 3.63) is 0 Å². The molecule has 0 aromatic heterocycles. The highest BCUT2D eigenvalue weighted by molar-refractivity contribution is 7.86. The van der Waals surface area contributed by atoms with Crippen molar-refractivity contribution in [2.45, 2.75) is 51.5 Å². The minimum absolute atomic E-state index is 0.152. The van der Waals surface area contributed by atoms with Gasteiger partial charge in [-0.05, 0) is 37.5 Å². The van der Waals surface area contributed by atoms with E-state index in [-0.39, 0.29) is 18.6 Å². The number of hydrogen-bond acceptors (Lipinski definition) is 3. The molecule has 2 aliphatic rings. The third kappa shape index (κ3) is 3.53. The number of nitrogens with zero attached hydrogens (tertiary/aromatic N) is 2. The number of aliphatic hydroxyl groups excluding tert-OH is 1. The molecule has 118 valence electrons. The van der Waals surface area contributed by atoms with E-state index in [9.17, 15) is 8.42 Å². The Morgan fingerprint density at radius 1 is 1.20 bits per heavy atom. The number of aliphatic hydroxyl groups is 1. The van der Waals surface area contributed by atoms with Crippen molar-refractivity contribution in [2.75, 3.05) is 26.7 Å². The maximum Gasteiger partial charge on any atom is 0.281 e. The fraction of sp³-hybridized carbons (Fsp3) is 1.00. The molecule has 0 spiro atoms. The molecular weight excluding hydrogens is 276 g/mol. The van der Waals surface area contributed by atoms with Gasteiger partial charge < -0.3 is 5.11 Å². The van der Waals surface area contributed by atoms with E-state index in [0.717, 1.165) is 32.1 Å². The molecule has 2 unspecified atom stereocenters. The summed E-state index contributed by atoms with van der Waals surface area (Å²) in [4.78, 5) is 0. The van der Waals surface area contributed by atoms with Crippen LogP contribution in [0.3, 0.4) is 0 Å². The molecule has 0 aromatic carbocycles. The minimum atomic E-state index is -3.33. The quantitative estimate of drug-likeness (QED) is 0.855. The van der Waals surface area contributed by atoms with Crippen molar-refractivity contribution in [3.63, 3.8) is 0 Å². The smallest absolute Gasteiger partial charge is 0.281 e. The maximum absolute atomic E-state index is 12.7. The molecule has 6 heteroatoms. The van der Waals surface area contributed by atoms with Crippen LogP contribution in [-0.4, -0.2) is 54.9 Å². The molecule has 5 nitrogen and oxygen atoms in total. The summed E-state index contributed by atoms with van der Waals surface area (Å²) in [5, 5.41) is 9.14. The summed E-state index contributed by atoms with van der Waals surface area (Å²) in [6.45, 7) is 3.46. The number of hydrogen-bond donors (Lipinski definition) is 1. The van der Waals surface area contributed by atoms with Crippen molar-refractivity contribution < 1.29 is 13.5 Å². The summed E-state index contributed by atoms with van der Waals surface area (Å²) in [6.07, 6.45) is 5.83. The first-order valence-corrected chi connectivity index (χ1v) is 9.18. The van der Waals surface area contributed by atoms with Gasteiger partial charge in [-0.25, -0.2) is 0 Å². The van der Waals surface area contributed by atoms with Gasteiger partial charge in [0.05, 0.1) is 0 Å². The Morgan fingerprint density at radius 2 is 1.85 bits per heavy atom. The Kier molecular flexibility index (Phi) is 5.45. The van der Waals surface area contributed by atoms with Gasteiger partial charge in [0.25, 0.3) is 10.2 Å². The molecule has 0 aromatic rings. The molecule has 1 aliphatic carbocycles. The van der Waals surface area contributed by atoms with Gasteiger partial charge in [-0.15, -0.1) is 0 Å². The van der Waals surface area contributed by atoms with Crippen LogP contribution in [0.5, 0.6) is 0 Å². The van der Waals surface area contributed by atoms with Crippen LogP contribution in [0, 0.1) is 11.8 Å². The highest BCUT2D eigenvalue weighted by Gasteiger charge is 2.35. The van der Waals surface area contributed by atoms with E-state index in [4.69, 9.17) is 5.11 Å². The van der Waals surface area contributed by atoms with Crippen molar-refractivity contribution in [1.82, 2.24) is 8.61 Å². The van der Waals surface area contributed by atoms with Crippen molar-refractivity contribution in [2.24, 2.45) is 11.8 Å². The van der Waals surface area contributed by atoms with Gasteiger partial charge in [0.15, 0.2) is 0 Å². The predicted octanol–water partition coefficient (Wildman–Crippen LogP) is 1.45. The maximum atomic E-state index is 12.7. The van der Waals surface area contributed by atoms with Crippen molar-refractivity contribution in [1.29, 1.82) is 0 Å². The van der Waals surface area contributed by atoms with Crippen LogP contribution < -0.4 is 0 Å². The van der Waals surface area contributed by atoms with Crippen LogP contribution in [0.1, 0.15) is 45.4 Å². The highest BCUT2D eigenvalue weighted by Crippen LogP contribution is 2.29. The molecule has 20 heavy (non-hydrogen) atoms. The standard InChI is InChI=1S/C14H28N2O3S/c1-12-4-3-5-14(10-12)15(2)20(18,19)16-8-6-13(11-17)7-9-16/h12-14,17H,3-11H2,1-2H3. The van der Waals surface area contributed by atoms with E-state index in [1.165, 1.54) is 6.42 Å². The van der Waals surface area contributed by atoms with Crippen molar-refractivity contribution >= 4 is 10.2 Å². The summed E-state index contributed by atoms with van der Waals surface area (Å²) in [5.74, 6) is 0.882. The van der Waals surface area contributed by atoms with E-state index >= 15 is 0 Å². The lowest BCUT2D eigenvalue weighted by Crippen LogP contribution is -2.50. The van der Waals surface area contributed by atoms with Gasteiger partial charge in [0.1, 0.15) is 0 Å². The second-order valence-electron chi connectivity index (χ2n) is 6.47. The molecule has 1 heterocycles. The zero-order chi connectivity index (χ0) is 14.8. The van der Waals surface area contributed by atoms with E-state index in [1.54, 1.807) is 15.7 Å².